The molecule has 0 spiro atoms. The lowest BCUT2D eigenvalue weighted by Crippen LogP contribution is -2.13. The standard InChI is InChI=1S/C21H16N4O5S/c26-21(29-14-19-23-20(24-30-19)16-5-4-12-22-13-16)15-8-10-18(11-9-15)31(27,28)25-17-6-2-1-3-7-17/h1-13,25H,14H2. The quantitative estimate of drug-likeness (QED) is 0.438. The van der Waals surface area contributed by atoms with Gasteiger partial charge in [0.05, 0.1) is 10.5 Å². The van der Waals surface area contributed by atoms with Crippen molar-refractivity contribution in [1.82, 2.24) is 15.1 Å². The van der Waals surface area contributed by atoms with Gasteiger partial charge in [-0.2, -0.15) is 4.98 Å². The number of benzene rings is 2. The number of ether oxygens (including phenoxy) is 1. The average molecular weight is 436 g/mol. The number of para-hydroxylation sites is 1. The number of anilines is 1. The Morgan fingerprint density at radius 1 is 1.00 bits per heavy atom. The van der Waals surface area contributed by atoms with Gasteiger partial charge in [-0.15, -0.1) is 0 Å². The minimum absolute atomic E-state index is 0.0194. The monoisotopic (exact) mass is 436 g/mol. The number of aromatic nitrogens is 3. The highest BCUT2D eigenvalue weighted by Gasteiger charge is 2.17. The number of carbonyl (C=O) groups excluding carboxylic acids is 1. The predicted molar refractivity (Wildman–Crippen MR) is 110 cm³/mol. The summed E-state index contributed by atoms with van der Waals surface area (Å²) in [6.45, 7) is -0.221. The molecule has 0 unspecified atom stereocenters. The van der Waals surface area contributed by atoms with Crippen LogP contribution in [-0.2, 0) is 21.4 Å². The molecule has 0 saturated heterocycles. The molecule has 0 aliphatic carbocycles. The lowest BCUT2D eigenvalue weighted by molar-refractivity contribution is 0.0429. The van der Waals surface area contributed by atoms with Crippen molar-refractivity contribution in [3.05, 3.63) is 90.6 Å². The third kappa shape index (κ3) is 4.93. The third-order valence-electron chi connectivity index (χ3n) is 4.14. The molecule has 0 fully saturated rings. The molecule has 1 N–H and O–H groups in total. The van der Waals surface area contributed by atoms with E-state index >= 15 is 0 Å². The highest BCUT2D eigenvalue weighted by Crippen LogP contribution is 2.18. The summed E-state index contributed by atoms with van der Waals surface area (Å²) in [7, 11) is -3.78. The zero-order chi connectivity index (χ0) is 21.7. The molecule has 156 valence electrons. The highest BCUT2D eigenvalue weighted by molar-refractivity contribution is 7.92. The van der Waals surface area contributed by atoms with Crippen LogP contribution in [0.3, 0.4) is 0 Å². The van der Waals surface area contributed by atoms with E-state index in [0.717, 1.165) is 0 Å². The number of esters is 1. The molecule has 0 radical (unpaired) electrons. The second-order valence-electron chi connectivity index (χ2n) is 6.33. The number of nitrogens with one attached hydrogen (secondary N) is 1. The Hall–Kier alpha value is -4.05. The van der Waals surface area contributed by atoms with Gasteiger partial charge in [0.25, 0.3) is 15.9 Å². The van der Waals surface area contributed by atoms with Crippen molar-refractivity contribution >= 4 is 21.7 Å². The fraction of sp³-hybridized carbons (Fsp3) is 0.0476. The van der Waals surface area contributed by atoms with E-state index in [0.29, 0.717) is 17.1 Å². The third-order valence-corrected chi connectivity index (χ3v) is 5.54. The molecule has 4 aromatic rings. The molecule has 0 saturated carbocycles. The number of sulfonamides is 1. The summed E-state index contributed by atoms with van der Waals surface area (Å²) in [5.74, 6) is -0.195. The molecule has 0 amide bonds. The Morgan fingerprint density at radius 2 is 1.77 bits per heavy atom. The van der Waals surface area contributed by atoms with E-state index in [1.807, 2.05) is 0 Å². The van der Waals surface area contributed by atoms with Gasteiger partial charge in [-0.1, -0.05) is 23.4 Å². The topological polar surface area (TPSA) is 124 Å². The number of hydrogen-bond acceptors (Lipinski definition) is 8. The lowest BCUT2D eigenvalue weighted by atomic mass is 10.2. The van der Waals surface area contributed by atoms with E-state index in [1.54, 1.807) is 54.9 Å². The van der Waals surface area contributed by atoms with Crippen molar-refractivity contribution in [3.63, 3.8) is 0 Å². The largest absolute Gasteiger partial charge is 0.452 e. The van der Waals surface area contributed by atoms with Crippen LogP contribution in [0.15, 0.2) is 88.5 Å². The van der Waals surface area contributed by atoms with Crippen molar-refractivity contribution in [2.24, 2.45) is 0 Å². The first-order valence-electron chi connectivity index (χ1n) is 9.09. The Bertz CT molecular complexity index is 1270. The van der Waals surface area contributed by atoms with Crippen molar-refractivity contribution in [3.8, 4) is 11.4 Å². The van der Waals surface area contributed by atoms with Crippen molar-refractivity contribution in [2.75, 3.05) is 4.72 Å². The minimum Gasteiger partial charge on any atom is -0.452 e. The maximum absolute atomic E-state index is 12.5. The molecule has 0 aliphatic heterocycles. The maximum atomic E-state index is 12.5. The first-order valence-corrected chi connectivity index (χ1v) is 10.6. The van der Waals surface area contributed by atoms with Gasteiger partial charge in [-0.05, 0) is 48.5 Å². The Labute approximate surface area is 177 Å². The molecule has 2 aromatic heterocycles. The normalized spacial score (nSPS) is 11.1. The van der Waals surface area contributed by atoms with Crippen LogP contribution in [0.2, 0.25) is 0 Å². The second-order valence-corrected chi connectivity index (χ2v) is 8.01. The number of pyridine rings is 1. The summed E-state index contributed by atoms with van der Waals surface area (Å²) < 4.78 is 37.6. The minimum atomic E-state index is -3.78. The van der Waals surface area contributed by atoms with Gasteiger partial charge in [0.2, 0.25) is 5.82 Å². The first-order chi connectivity index (χ1) is 15.0. The summed E-state index contributed by atoms with van der Waals surface area (Å²) in [6, 6.07) is 17.4. The highest BCUT2D eigenvalue weighted by atomic mass is 32.2. The van der Waals surface area contributed by atoms with Gasteiger partial charge in [0.15, 0.2) is 6.61 Å². The molecule has 0 atom stereocenters. The molecule has 0 bridgehead atoms. The van der Waals surface area contributed by atoms with Crippen LogP contribution in [0.1, 0.15) is 16.2 Å². The van der Waals surface area contributed by atoms with Crippen LogP contribution in [0.4, 0.5) is 5.69 Å². The zero-order valence-electron chi connectivity index (χ0n) is 16.0. The zero-order valence-corrected chi connectivity index (χ0v) is 16.8. The van der Waals surface area contributed by atoms with E-state index in [4.69, 9.17) is 9.26 Å². The number of nitrogens with zero attached hydrogens (tertiary/aromatic N) is 3. The Morgan fingerprint density at radius 3 is 2.48 bits per heavy atom. The average Bonchev–Trinajstić information content (AvgIpc) is 3.28. The summed E-state index contributed by atoms with van der Waals surface area (Å²) in [4.78, 5) is 20.4. The van der Waals surface area contributed by atoms with E-state index in [9.17, 15) is 13.2 Å². The molecule has 9 nitrogen and oxygen atoms in total. The van der Waals surface area contributed by atoms with Gasteiger partial charge in [0, 0.05) is 23.6 Å². The van der Waals surface area contributed by atoms with Crippen molar-refractivity contribution in [1.29, 1.82) is 0 Å². The molecular weight excluding hydrogens is 420 g/mol. The fourth-order valence-corrected chi connectivity index (χ4v) is 3.69. The summed E-state index contributed by atoms with van der Waals surface area (Å²) in [6.07, 6.45) is 3.21. The van der Waals surface area contributed by atoms with Gasteiger partial charge < -0.3 is 9.26 Å². The molecule has 2 aromatic carbocycles. The molecule has 10 heteroatoms. The number of rotatable bonds is 7. The van der Waals surface area contributed by atoms with Gasteiger partial charge in [-0.3, -0.25) is 9.71 Å². The van der Waals surface area contributed by atoms with Crippen molar-refractivity contribution in [2.45, 2.75) is 11.5 Å². The second kappa shape index (κ2) is 8.76. The maximum Gasteiger partial charge on any atom is 0.338 e. The Balaban J connectivity index is 1.38. The van der Waals surface area contributed by atoms with E-state index < -0.39 is 16.0 Å². The molecule has 2 heterocycles. The van der Waals surface area contributed by atoms with Crippen LogP contribution in [0.5, 0.6) is 0 Å². The molecule has 31 heavy (non-hydrogen) atoms. The number of hydrogen-bond donors (Lipinski definition) is 1. The van der Waals surface area contributed by atoms with Gasteiger partial charge in [0.1, 0.15) is 0 Å². The van der Waals surface area contributed by atoms with E-state index in [2.05, 4.69) is 19.8 Å². The lowest BCUT2D eigenvalue weighted by Gasteiger charge is -2.08. The first kappa shape index (κ1) is 20.2. The fourth-order valence-electron chi connectivity index (χ4n) is 2.63. The van der Waals surface area contributed by atoms with E-state index in [1.165, 1.54) is 24.3 Å². The number of carbonyl (C=O) groups is 1. The SMILES string of the molecule is O=C(OCc1nc(-c2cccnc2)no1)c1ccc(S(=O)(=O)Nc2ccccc2)cc1. The van der Waals surface area contributed by atoms with Crippen LogP contribution in [0, 0.1) is 0 Å². The van der Waals surface area contributed by atoms with E-state index in [-0.39, 0.29) is 23.0 Å². The van der Waals surface area contributed by atoms with Gasteiger partial charge in [-0.25, -0.2) is 13.2 Å². The van der Waals surface area contributed by atoms with Crippen molar-refractivity contribution < 1.29 is 22.5 Å². The Kier molecular flexibility index (Phi) is 5.72. The predicted octanol–water partition coefficient (Wildman–Crippen LogP) is 3.29. The van der Waals surface area contributed by atoms with Crippen LogP contribution in [0.25, 0.3) is 11.4 Å². The summed E-state index contributed by atoms with van der Waals surface area (Å²) in [5.41, 5.74) is 1.30. The van der Waals surface area contributed by atoms with Crippen LogP contribution in [-0.4, -0.2) is 29.5 Å². The molecular formula is C21H16N4O5S. The molecule has 0 aliphatic rings. The summed E-state index contributed by atoms with van der Waals surface area (Å²) >= 11 is 0. The van der Waals surface area contributed by atoms with Crippen LogP contribution >= 0.6 is 0 Å². The smallest absolute Gasteiger partial charge is 0.338 e. The summed E-state index contributed by atoms with van der Waals surface area (Å²) in [5, 5.41) is 3.82. The molecule has 4 rings (SSSR count). The van der Waals surface area contributed by atoms with Gasteiger partial charge >= 0.3 is 5.97 Å². The van der Waals surface area contributed by atoms with Crippen LogP contribution < -0.4 is 4.72 Å².